The van der Waals surface area contributed by atoms with Crippen molar-refractivity contribution in [3.63, 3.8) is 0 Å². The first-order valence-electron chi connectivity index (χ1n) is 9.43. The number of aryl methyl sites for hydroxylation is 2. The fourth-order valence-electron chi connectivity index (χ4n) is 3.92. The predicted molar refractivity (Wildman–Crippen MR) is 110 cm³/mol. The molecule has 10 heteroatoms. The minimum absolute atomic E-state index is 0.189. The summed E-state index contributed by atoms with van der Waals surface area (Å²) in [5, 5.41) is 11.3. The van der Waals surface area contributed by atoms with Crippen LogP contribution in [-0.2, 0) is 11.8 Å². The first-order chi connectivity index (χ1) is 14.0. The van der Waals surface area contributed by atoms with Crippen LogP contribution in [0.15, 0.2) is 24.5 Å². The van der Waals surface area contributed by atoms with Gasteiger partial charge < -0.3 is 14.2 Å². The van der Waals surface area contributed by atoms with Gasteiger partial charge in [0.15, 0.2) is 11.2 Å². The number of aromatic amines is 1. The van der Waals surface area contributed by atoms with Crippen molar-refractivity contribution in [3.8, 4) is 22.6 Å². The number of hydrogen-bond donors (Lipinski definition) is 1. The monoisotopic (exact) mass is 411 g/mol. The Morgan fingerprint density at radius 3 is 2.93 bits per heavy atom. The third kappa shape index (κ3) is 2.91. The number of aromatic nitrogens is 6. The summed E-state index contributed by atoms with van der Waals surface area (Å²) in [6, 6.07) is 4.01. The lowest BCUT2D eigenvalue weighted by molar-refractivity contribution is 0.0986. The van der Waals surface area contributed by atoms with Crippen LogP contribution in [0.2, 0.25) is 0 Å². The Labute approximate surface area is 170 Å². The molecule has 0 spiro atoms. The number of rotatable bonds is 3. The van der Waals surface area contributed by atoms with E-state index >= 15 is 0 Å². The standard InChI is InChI=1S/C19H21N7O2S/c1-11-9-21-25(3)18(11)13-8-15(26-6-7-28-10-12(26)2)22-17-16(14-4-5-20-23-14)24-29(27)19(13)17/h4-5,8-9,12H,6-7,10H2,1-3H3,(H,20,23)/t12-,29?/m1/s1. The van der Waals surface area contributed by atoms with Crippen LogP contribution in [0.25, 0.3) is 32.9 Å². The molecule has 4 aromatic rings. The summed E-state index contributed by atoms with van der Waals surface area (Å²) >= 11 is 0. The molecule has 1 saturated heterocycles. The van der Waals surface area contributed by atoms with Gasteiger partial charge in [0.2, 0.25) is 4.70 Å². The van der Waals surface area contributed by atoms with Crippen LogP contribution in [0.1, 0.15) is 12.5 Å². The Kier molecular flexibility index (Phi) is 4.34. The van der Waals surface area contributed by atoms with Gasteiger partial charge in [-0.3, -0.25) is 9.78 Å². The molecule has 1 unspecified atom stereocenters. The van der Waals surface area contributed by atoms with E-state index in [1.54, 1.807) is 6.20 Å². The van der Waals surface area contributed by atoms with Crippen molar-refractivity contribution in [2.24, 2.45) is 7.05 Å². The van der Waals surface area contributed by atoms with Crippen LogP contribution in [0.4, 0.5) is 5.82 Å². The molecule has 0 aromatic carbocycles. The van der Waals surface area contributed by atoms with Gasteiger partial charge in [0.05, 0.1) is 53.4 Å². The van der Waals surface area contributed by atoms with Crippen LogP contribution < -0.4 is 4.90 Å². The van der Waals surface area contributed by atoms with Crippen molar-refractivity contribution in [2.75, 3.05) is 24.7 Å². The van der Waals surface area contributed by atoms with E-state index in [-0.39, 0.29) is 6.04 Å². The summed E-state index contributed by atoms with van der Waals surface area (Å²) in [5.41, 5.74) is 4.66. The zero-order valence-electron chi connectivity index (χ0n) is 16.4. The normalized spacial score (nSPS) is 18.0. The summed E-state index contributed by atoms with van der Waals surface area (Å²) in [5.74, 6) is 0.821. The molecular weight excluding hydrogens is 390 g/mol. The van der Waals surface area contributed by atoms with Gasteiger partial charge >= 0.3 is 0 Å². The number of nitrogens with zero attached hydrogens (tertiary/aromatic N) is 6. The van der Waals surface area contributed by atoms with E-state index in [4.69, 9.17) is 9.72 Å². The lowest BCUT2D eigenvalue weighted by Crippen LogP contribution is -2.44. The molecule has 5 heterocycles. The molecule has 0 amide bonds. The molecule has 0 radical (unpaired) electrons. The van der Waals surface area contributed by atoms with Crippen molar-refractivity contribution >= 4 is 27.0 Å². The fraction of sp³-hybridized carbons (Fsp3) is 0.368. The maximum absolute atomic E-state index is 13.0. The highest BCUT2D eigenvalue weighted by Gasteiger charge is 2.29. The van der Waals surface area contributed by atoms with Crippen molar-refractivity contribution in [2.45, 2.75) is 19.9 Å². The smallest absolute Gasteiger partial charge is 0.234 e. The Morgan fingerprint density at radius 1 is 1.38 bits per heavy atom. The van der Waals surface area contributed by atoms with Gasteiger partial charge in [-0.1, -0.05) is 0 Å². The van der Waals surface area contributed by atoms with Gasteiger partial charge in [-0.2, -0.15) is 10.2 Å². The number of anilines is 1. The zero-order valence-corrected chi connectivity index (χ0v) is 17.2. The van der Waals surface area contributed by atoms with Crippen molar-refractivity contribution in [3.05, 3.63) is 30.1 Å². The molecule has 9 nitrogen and oxygen atoms in total. The summed E-state index contributed by atoms with van der Waals surface area (Å²) in [4.78, 5) is 7.14. The summed E-state index contributed by atoms with van der Waals surface area (Å²) < 4.78 is 25.5. The highest BCUT2D eigenvalue weighted by molar-refractivity contribution is 7.27. The molecule has 1 aliphatic heterocycles. The molecular formula is C19H21N7O2S. The van der Waals surface area contributed by atoms with Gasteiger partial charge in [0.1, 0.15) is 5.82 Å². The molecule has 5 rings (SSSR count). The van der Waals surface area contributed by atoms with E-state index in [1.807, 2.05) is 37.0 Å². The van der Waals surface area contributed by atoms with E-state index < -0.39 is 10.9 Å². The van der Waals surface area contributed by atoms with E-state index in [0.29, 0.717) is 34.8 Å². The number of hydrogen-bond acceptors (Lipinski definition) is 7. The first-order valence-corrected chi connectivity index (χ1v) is 10.5. The Bertz CT molecular complexity index is 1160. The summed E-state index contributed by atoms with van der Waals surface area (Å²) in [6.45, 7) is 6.16. The van der Waals surface area contributed by atoms with Crippen molar-refractivity contribution in [1.29, 1.82) is 0 Å². The van der Waals surface area contributed by atoms with Crippen molar-refractivity contribution in [1.82, 2.24) is 29.3 Å². The summed E-state index contributed by atoms with van der Waals surface area (Å²) in [7, 11) is 0.336. The number of ether oxygens (including phenoxy) is 1. The second-order valence-electron chi connectivity index (χ2n) is 7.28. The molecule has 0 bridgehead atoms. The molecule has 1 aliphatic rings. The lowest BCUT2D eigenvalue weighted by Gasteiger charge is -2.34. The number of fused-ring (bicyclic) bond motifs is 1. The molecule has 2 atom stereocenters. The van der Waals surface area contributed by atoms with E-state index in [0.717, 1.165) is 29.2 Å². The van der Waals surface area contributed by atoms with E-state index in [1.165, 1.54) is 0 Å². The minimum Gasteiger partial charge on any atom is -0.568 e. The minimum atomic E-state index is -1.55. The van der Waals surface area contributed by atoms with Gasteiger partial charge in [-0.25, -0.2) is 4.98 Å². The van der Waals surface area contributed by atoms with Gasteiger partial charge in [0.25, 0.3) is 0 Å². The maximum atomic E-state index is 13.0. The van der Waals surface area contributed by atoms with Gasteiger partial charge in [-0.15, -0.1) is 0 Å². The fourth-order valence-corrected chi connectivity index (χ4v) is 5.01. The van der Waals surface area contributed by atoms with E-state index in [2.05, 4.69) is 31.5 Å². The Morgan fingerprint density at radius 2 is 2.24 bits per heavy atom. The molecule has 150 valence electrons. The van der Waals surface area contributed by atoms with Crippen molar-refractivity contribution < 1.29 is 9.29 Å². The molecule has 4 aromatic heterocycles. The number of nitrogens with one attached hydrogen (secondary N) is 1. The van der Waals surface area contributed by atoms with Crippen LogP contribution in [0, 0.1) is 6.92 Å². The highest BCUT2D eigenvalue weighted by atomic mass is 32.2. The first kappa shape index (κ1) is 18.2. The second-order valence-corrected chi connectivity index (χ2v) is 8.37. The zero-order chi connectivity index (χ0) is 20.1. The average Bonchev–Trinajstić information content (AvgIpc) is 3.42. The second kappa shape index (κ2) is 6.90. The van der Waals surface area contributed by atoms with Crippen LogP contribution >= 0.6 is 10.9 Å². The SMILES string of the molecule is Cc1cnn(C)c1-c1cc(N2CCOC[C@H]2C)nc2c(-c3ccn[nH]3)n[s+]([O-])c12. The Balaban J connectivity index is 1.82. The summed E-state index contributed by atoms with van der Waals surface area (Å²) in [6.07, 6.45) is 3.46. The Hall–Kier alpha value is -2.82. The van der Waals surface area contributed by atoms with Crippen LogP contribution in [0.5, 0.6) is 0 Å². The molecule has 1 fully saturated rings. The molecule has 0 saturated carbocycles. The molecule has 29 heavy (non-hydrogen) atoms. The number of H-pyrrole nitrogens is 1. The number of pyridine rings is 1. The predicted octanol–water partition coefficient (Wildman–Crippen LogP) is 2.68. The quantitative estimate of drug-likeness (QED) is 0.516. The topological polar surface area (TPSA) is 108 Å². The van der Waals surface area contributed by atoms with Gasteiger partial charge in [0, 0.05) is 19.8 Å². The average molecular weight is 411 g/mol. The third-order valence-corrected chi connectivity index (χ3v) is 6.44. The van der Waals surface area contributed by atoms with Crippen LogP contribution in [-0.4, -0.2) is 59.7 Å². The van der Waals surface area contributed by atoms with E-state index in [9.17, 15) is 4.55 Å². The number of morpholine rings is 1. The molecule has 1 N–H and O–H groups in total. The maximum Gasteiger partial charge on any atom is 0.234 e. The van der Waals surface area contributed by atoms with Crippen LogP contribution in [0.3, 0.4) is 0 Å². The highest BCUT2D eigenvalue weighted by Crippen LogP contribution is 2.42. The lowest BCUT2D eigenvalue weighted by atomic mass is 10.1. The van der Waals surface area contributed by atoms with Gasteiger partial charge in [-0.05, 0) is 35.9 Å². The third-order valence-electron chi connectivity index (χ3n) is 5.33. The molecule has 0 aliphatic carbocycles. The largest absolute Gasteiger partial charge is 0.568 e.